The maximum Gasteiger partial charge on any atom is 0.336 e. The summed E-state index contributed by atoms with van der Waals surface area (Å²) < 4.78 is 11.3. The van der Waals surface area contributed by atoms with Crippen molar-refractivity contribution in [3.8, 4) is 11.5 Å². The van der Waals surface area contributed by atoms with Crippen LogP contribution in [0.4, 0.5) is 0 Å². The lowest BCUT2D eigenvalue weighted by molar-refractivity contribution is 0.0693. The highest BCUT2D eigenvalue weighted by Gasteiger charge is 2.16. The van der Waals surface area contributed by atoms with Gasteiger partial charge in [0.05, 0.1) is 12.2 Å². The molecule has 0 atom stereocenters. The van der Waals surface area contributed by atoms with Crippen molar-refractivity contribution in [2.75, 3.05) is 6.61 Å². The third-order valence-electron chi connectivity index (χ3n) is 3.19. The quantitative estimate of drug-likeness (QED) is 0.792. The number of carboxylic acids is 1. The zero-order valence-electron chi connectivity index (χ0n) is 12.5. The van der Waals surface area contributed by atoms with E-state index in [-0.39, 0.29) is 12.2 Å². The Kier molecular flexibility index (Phi) is 5.33. The molecule has 0 fully saturated rings. The first-order valence-electron chi connectivity index (χ1n) is 6.93. The van der Waals surface area contributed by atoms with Crippen LogP contribution in [0.1, 0.15) is 28.4 Å². The van der Waals surface area contributed by atoms with Gasteiger partial charge in [-0.05, 0) is 49.7 Å². The molecule has 4 nitrogen and oxygen atoms in total. The van der Waals surface area contributed by atoms with Gasteiger partial charge in [-0.15, -0.1) is 12.6 Å². The molecule has 5 heteroatoms. The summed E-state index contributed by atoms with van der Waals surface area (Å²) in [5, 5.41) is 9.33. The van der Waals surface area contributed by atoms with Gasteiger partial charge >= 0.3 is 5.97 Å². The SMILES string of the molecule is CCOc1cccc(C(=O)O)c1COc1ccc(S)cc1C. The Bertz CT molecular complexity index is 682. The predicted molar refractivity (Wildman–Crippen MR) is 87.3 cm³/mol. The van der Waals surface area contributed by atoms with Gasteiger partial charge in [-0.3, -0.25) is 0 Å². The third-order valence-corrected chi connectivity index (χ3v) is 3.47. The molecule has 0 aliphatic rings. The smallest absolute Gasteiger partial charge is 0.336 e. The highest BCUT2D eigenvalue weighted by atomic mass is 32.1. The van der Waals surface area contributed by atoms with Gasteiger partial charge in [0.1, 0.15) is 18.1 Å². The van der Waals surface area contributed by atoms with Crippen LogP contribution in [-0.2, 0) is 6.61 Å². The molecule has 0 aromatic heterocycles. The number of aryl methyl sites for hydroxylation is 1. The summed E-state index contributed by atoms with van der Waals surface area (Å²) in [6, 6.07) is 10.5. The molecular formula is C17H18O4S. The lowest BCUT2D eigenvalue weighted by Gasteiger charge is -2.15. The van der Waals surface area contributed by atoms with Gasteiger partial charge < -0.3 is 14.6 Å². The number of aromatic carboxylic acids is 1. The van der Waals surface area contributed by atoms with Gasteiger partial charge in [0, 0.05) is 10.5 Å². The van der Waals surface area contributed by atoms with Gasteiger partial charge in [0.2, 0.25) is 0 Å². The van der Waals surface area contributed by atoms with Gasteiger partial charge in [-0.25, -0.2) is 4.79 Å². The Hall–Kier alpha value is -2.14. The number of rotatable bonds is 6. The Balaban J connectivity index is 2.29. The van der Waals surface area contributed by atoms with Crippen molar-refractivity contribution >= 4 is 18.6 Å². The molecule has 0 radical (unpaired) electrons. The van der Waals surface area contributed by atoms with Crippen molar-refractivity contribution in [2.24, 2.45) is 0 Å². The molecule has 116 valence electrons. The van der Waals surface area contributed by atoms with Crippen LogP contribution in [0.2, 0.25) is 0 Å². The average molecular weight is 318 g/mol. The van der Waals surface area contributed by atoms with Crippen molar-refractivity contribution in [3.05, 3.63) is 53.1 Å². The van der Waals surface area contributed by atoms with Crippen LogP contribution in [0.5, 0.6) is 11.5 Å². The van der Waals surface area contributed by atoms with E-state index in [2.05, 4.69) is 12.6 Å². The zero-order valence-corrected chi connectivity index (χ0v) is 13.4. The lowest BCUT2D eigenvalue weighted by Crippen LogP contribution is -2.09. The summed E-state index contributed by atoms with van der Waals surface area (Å²) in [4.78, 5) is 12.2. The molecule has 0 saturated carbocycles. The summed E-state index contributed by atoms with van der Waals surface area (Å²) in [6.45, 7) is 4.36. The topological polar surface area (TPSA) is 55.8 Å². The van der Waals surface area contributed by atoms with E-state index in [4.69, 9.17) is 9.47 Å². The highest BCUT2D eigenvalue weighted by molar-refractivity contribution is 7.80. The molecule has 2 aromatic rings. The molecule has 0 saturated heterocycles. The first kappa shape index (κ1) is 16.2. The molecular weight excluding hydrogens is 300 g/mol. The number of thiol groups is 1. The largest absolute Gasteiger partial charge is 0.493 e. The molecule has 0 amide bonds. The van der Waals surface area contributed by atoms with Crippen molar-refractivity contribution in [2.45, 2.75) is 25.3 Å². The average Bonchev–Trinajstić information content (AvgIpc) is 2.47. The number of hydrogen-bond donors (Lipinski definition) is 2. The van der Waals surface area contributed by atoms with Crippen LogP contribution in [0.25, 0.3) is 0 Å². The van der Waals surface area contributed by atoms with E-state index in [0.717, 1.165) is 10.5 Å². The van der Waals surface area contributed by atoms with E-state index in [1.54, 1.807) is 18.2 Å². The minimum atomic E-state index is -0.998. The fraction of sp³-hybridized carbons (Fsp3) is 0.235. The predicted octanol–water partition coefficient (Wildman–Crippen LogP) is 3.96. The van der Waals surface area contributed by atoms with Crippen LogP contribution >= 0.6 is 12.6 Å². The van der Waals surface area contributed by atoms with Gasteiger partial charge in [0.15, 0.2) is 0 Å². The Morgan fingerprint density at radius 1 is 1.18 bits per heavy atom. The highest BCUT2D eigenvalue weighted by Crippen LogP contribution is 2.27. The van der Waals surface area contributed by atoms with Crippen LogP contribution < -0.4 is 9.47 Å². The van der Waals surface area contributed by atoms with E-state index in [1.165, 1.54) is 0 Å². The van der Waals surface area contributed by atoms with E-state index >= 15 is 0 Å². The first-order chi connectivity index (χ1) is 10.5. The molecule has 0 aliphatic heterocycles. The van der Waals surface area contributed by atoms with E-state index < -0.39 is 5.97 Å². The fourth-order valence-electron chi connectivity index (χ4n) is 2.15. The standard InChI is InChI=1S/C17H18O4S/c1-3-20-16-6-4-5-13(17(18)19)14(16)10-21-15-8-7-12(22)9-11(15)2/h4-9,22H,3,10H2,1-2H3,(H,18,19). The fourth-order valence-corrected chi connectivity index (χ4v) is 2.42. The molecule has 0 heterocycles. The Labute approximate surface area is 135 Å². The number of benzene rings is 2. The van der Waals surface area contributed by atoms with Gasteiger partial charge in [0.25, 0.3) is 0 Å². The molecule has 1 N–H and O–H groups in total. The number of carbonyl (C=O) groups is 1. The maximum atomic E-state index is 11.4. The minimum absolute atomic E-state index is 0.130. The number of ether oxygens (including phenoxy) is 2. The maximum absolute atomic E-state index is 11.4. The van der Waals surface area contributed by atoms with Gasteiger partial charge in [-0.2, -0.15) is 0 Å². The number of carboxylic acid groups (broad SMARTS) is 1. The molecule has 0 aliphatic carbocycles. The molecule has 2 aromatic carbocycles. The second-order valence-corrected chi connectivity index (χ2v) is 5.28. The lowest BCUT2D eigenvalue weighted by atomic mass is 10.1. The van der Waals surface area contributed by atoms with Crippen molar-refractivity contribution < 1.29 is 19.4 Å². The third kappa shape index (κ3) is 3.74. The first-order valence-corrected chi connectivity index (χ1v) is 7.38. The van der Waals surface area contributed by atoms with Crippen LogP contribution in [0, 0.1) is 6.92 Å². The van der Waals surface area contributed by atoms with Crippen LogP contribution in [0.15, 0.2) is 41.3 Å². The second-order valence-electron chi connectivity index (χ2n) is 4.76. The van der Waals surface area contributed by atoms with E-state index in [0.29, 0.717) is 23.7 Å². The minimum Gasteiger partial charge on any atom is -0.493 e. The molecule has 22 heavy (non-hydrogen) atoms. The van der Waals surface area contributed by atoms with E-state index in [1.807, 2.05) is 32.0 Å². The zero-order chi connectivity index (χ0) is 16.1. The summed E-state index contributed by atoms with van der Waals surface area (Å²) >= 11 is 4.27. The Morgan fingerprint density at radius 2 is 1.95 bits per heavy atom. The van der Waals surface area contributed by atoms with Crippen molar-refractivity contribution in [1.82, 2.24) is 0 Å². The van der Waals surface area contributed by atoms with Crippen molar-refractivity contribution in [1.29, 1.82) is 0 Å². The molecule has 2 rings (SSSR count). The van der Waals surface area contributed by atoms with Crippen LogP contribution in [-0.4, -0.2) is 17.7 Å². The normalized spacial score (nSPS) is 10.3. The monoisotopic (exact) mass is 318 g/mol. The van der Waals surface area contributed by atoms with Gasteiger partial charge in [-0.1, -0.05) is 6.07 Å². The second kappa shape index (κ2) is 7.22. The molecule has 0 bridgehead atoms. The van der Waals surface area contributed by atoms with Crippen molar-refractivity contribution in [3.63, 3.8) is 0 Å². The van der Waals surface area contributed by atoms with Crippen LogP contribution in [0.3, 0.4) is 0 Å². The Morgan fingerprint density at radius 3 is 2.59 bits per heavy atom. The summed E-state index contributed by atoms with van der Waals surface area (Å²) in [5.41, 5.74) is 1.67. The summed E-state index contributed by atoms with van der Waals surface area (Å²) in [5.74, 6) is 0.230. The summed E-state index contributed by atoms with van der Waals surface area (Å²) in [6.07, 6.45) is 0. The van der Waals surface area contributed by atoms with E-state index in [9.17, 15) is 9.90 Å². The molecule has 0 spiro atoms. The number of hydrogen-bond acceptors (Lipinski definition) is 4. The molecule has 0 unspecified atom stereocenters. The summed E-state index contributed by atoms with van der Waals surface area (Å²) in [7, 11) is 0.